The summed E-state index contributed by atoms with van der Waals surface area (Å²) in [5.41, 5.74) is 5.91. The van der Waals surface area contributed by atoms with Gasteiger partial charge in [0.1, 0.15) is 0 Å². The summed E-state index contributed by atoms with van der Waals surface area (Å²) in [6.07, 6.45) is 8.87. The van der Waals surface area contributed by atoms with E-state index < -0.39 is 0 Å². The highest BCUT2D eigenvalue weighted by atomic mass is 127. The average molecular weight is 410 g/mol. The molecule has 0 unspecified atom stereocenters. The van der Waals surface area contributed by atoms with E-state index in [2.05, 4.69) is 29.1 Å². The monoisotopic (exact) mass is 410 g/mol. The van der Waals surface area contributed by atoms with Crippen molar-refractivity contribution >= 4 is 29.9 Å². The minimum atomic E-state index is 0. The van der Waals surface area contributed by atoms with Gasteiger partial charge in [-0.1, -0.05) is 33.1 Å². The molecule has 0 amide bonds. The number of likely N-dealkylation sites (tertiary alicyclic amines) is 1. The SMILES string of the molecule is CCCCCCNC(N)=NCC1CCN(CCC)CC1.I. The molecule has 0 aromatic heterocycles. The molecule has 0 atom stereocenters. The zero-order valence-electron chi connectivity index (χ0n) is 13.9. The van der Waals surface area contributed by atoms with Crippen LogP contribution in [0.25, 0.3) is 0 Å². The number of nitrogens with two attached hydrogens (primary N) is 1. The van der Waals surface area contributed by atoms with Gasteiger partial charge in [-0.25, -0.2) is 0 Å². The van der Waals surface area contributed by atoms with Gasteiger partial charge in [0.05, 0.1) is 0 Å². The largest absolute Gasteiger partial charge is 0.370 e. The van der Waals surface area contributed by atoms with E-state index in [1.807, 2.05) is 0 Å². The first kappa shape index (κ1) is 21.0. The summed E-state index contributed by atoms with van der Waals surface area (Å²) < 4.78 is 0. The van der Waals surface area contributed by atoms with Crippen LogP contribution in [0.4, 0.5) is 0 Å². The van der Waals surface area contributed by atoms with E-state index in [1.54, 1.807) is 0 Å². The third-order valence-corrected chi connectivity index (χ3v) is 4.10. The van der Waals surface area contributed by atoms with Crippen molar-refractivity contribution in [3.8, 4) is 0 Å². The van der Waals surface area contributed by atoms with Crippen molar-refractivity contribution in [2.45, 2.75) is 58.8 Å². The Kier molecular flexibility index (Phi) is 13.6. The van der Waals surface area contributed by atoms with Gasteiger partial charge in [-0.3, -0.25) is 4.99 Å². The first-order valence-corrected chi connectivity index (χ1v) is 8.52. The maximum Gasteiger partial charge on any atom is 0.188 e. The number of nitrogens with zero attached hydrogens (tertiary/aromatic N) is 2. The van der Waals surface area contributed by atoms with E-state index in [9.17, 15) is 0 Å². The van der Waals surface area contributed by atoms with E-state index in [-0.39, 0.29) is 24.0 Å². The van der Waals surface area contributed by atoms with E-state index in [0.29, 0.717) is 5.96 Å². The lowest BCUT2D eigenvalue weighted by molar-refractivity contribution is 0.188. The van der Waals surface area contributed by atoms with Crippen molar-refractivity contribution in [3.63, 3.8) is 0 Å². The van der Waals surface area contributed by atoms with Crippen LogP contribution in [0, 0.1) is 5.92 Å². The second kappa shape index (κ2) is 13.6. The van der Waals surface area contributed by atoms with Gasteiger partial charge >= 0.3 is 0 Å². The standard InChI is InChI=1S/C16H34N4.HI/c1-3-5-6-7-10-18-16(17)19-14-15-8-12-20(11-4-2)13-9-15;/h15H,3-14H2,1-2H3,(H3,17,18,19);1H. The van der Waals surface area contributed by atoms with E-state index >= 15 is 0 Å². The average Bonchev–Trinajstić information content (AvgIpc) is 2.47. The molecule has 21 heavy (non-hydrogen) atoms. The molecule has 1 aliphatic rings. The fourth-order valence-corrected chi connectivity index (χ4v) is 2.76. The molecule has 0 aromatic rings. The number of guanidine groups is 1. The molecule has 0 bridgehead atoms. The molecule has 1 aliphatic heterocycles. The molecule has 0 spiro atoms. The van der Waals surface area contributed by atoms with E-state index in [0.717, 1.165) is 19.0 Å². The summed E-state index contributed by atoms with van der Waals surface area (Å²) in [5.74, 6) is 1.36. The zero-order valence-corrected chi connectivity index (χ0v) is 16.3. The highest BCUT2D eigenvalue weighted by Gasteiger charge is 2.17. The Bertz CT molecular complexity index is 263. The molecule has 0 aromatic carbocycles. The van der Waals surface area contributed by atoms with E-state index in [1.165, 1.54) is 64.6 Å². The van der Waals surface area contributed by atoms with Crippen LogP contribution in [-0.2, 0) is 0 Å². The molecule has 0 saturated carbocycles. The van der Waals surface area contributed by atoms with Gasteiger partial charge in [0.15, 0.2) is 5.96 Å². The van der Waals surface area contributed by atoms with Crippen LogP contribution in [0.1, 0.15) is 58.8 Å². The van der Waals surface area contributed by atoms with Gasteiger partial charge < -0.3 is 16.0 Å². The molecule has 1 rings (SSSR count). The maximum absolute atomic E-state index is 5.91. The Morgan fingerprint density at radius 2 is 1.86 bits per heavy atom. The molecule has 1 fully saturated rings. The lowest BCUT2D eigenvalue weighted by atomic mass is 9.97. The third-order valence-electron chi connectivity index (χ3n) is 4.10. The lowest BCUT2D eigenvalue weighted by Gasteiger charge is -2.30. The second-order valence-corrected chi connectivity index (χ2v) is 6.00. The Morgan fingerprint density at radius 1 is 1.14 bits per heavy atom. The summed E-state index contributed by atoms with van der Waals surface area (Å²) in [7, 11) is 0. The zero-order chi connectivity index (χ0) is 14.6. The Balaban J connectivity index is 0.00000400. The van der Waals surface area contributed by atoms with Crippen LogP contribution >= 0.6 is 24.0 Å². The smallest absolute Gasteiger partial charge is 0.188 e. The highest BCUT2D eigenvalue weighted by molar-refractivity contribution is 14.0. The Morgan fingerprint density at radius 3 is 2.48 bits per heavy atom. The Labute approximate surface area is 148 Å². The molecular weight excluding hydrogens is 375 g/mol. The molecule has 0 aliphatic carbocycles. The predicted molar refractivity (Wildman–Crippen MR) is 104 cm³/mol. The maximum atomic E-state index is 5.91. The number of unbranched alkanes of at least 4 members (excludes halogenated alkanes) is 3. The van der Waals surface area contributed by atoms with Crippen molar-refractivity contribution in [2.24, 2.45) is 16.6 Å². The van der Waals surface area contributed by atoms with Crippen LogP contribution < -0.4 is 11.1 Å². The molecule has 126 valence electrons. The molecule has 4 nitrogen and oxygen atoms in total. The number of hydrogen-bond acceptors (Lipinski definition) is 2. The van der Waals surface area contributed by atoms with Crippen LogP contribution in [0.2, 0.25) is 0 Å². The fraction of sp³-hybridized carbons (Fsp3) is 0.938. The minimum absolute atomic E-state index is 0. The van der Waals surface area contributed by atoms with Crippen molar-refractivity contribution in [1.82, 2.24) is 10.2 Å². The number of rotatable bonds is 9. The summed E-state index contributed by atoms with van der Waals surface area (Å²) >= 11 is 0. The fourth-order valence-electron chi connectivity index (χ4n) is 2.76. The first-order valence-electron chi connectivity index (χ1n) is 8.52. The molecule has 5 heteroatoms. The molecule has 1 saturated heterocycles. The Hall–Kier alpha value is -0.0400. The number of aliphatic imine (C=N–C) groups is 1. The van der Waals surface area contributed by atoms with Gasteiger partial charge in [0.2, 0.25) is 0 Å². The molecular formula is C16H35IN4. The van der Waals surface area contributed by atoms with E-state index in [4.69, 9.17) is 5.73 Å². The van der Waals surface area contributed by atoms with Gasteiger partial charge in [-0.15, -0.1) is 24.0 Å². The lowest BCUT2D eigenvalue weighted by Crippen LogP contribution is -2.36. The normalized spacial score (nSPS) is 17.5. The number of piperidine rings is 1. The molecule has 0 radical (unpaired) electrons. The van der Waals surface area contributed by atoms with Crippen molar-refractivity contribution in [3.05, 3.63) is 0 Å². The number of hydrogen-bond donors (Lipinski definition) is 2. The molecule has 1 heterocycles. The second-order valence-electron chi connectivity index (χ2n) is 6.00. The van der Waals surface area contributed by atoms with Crippen LogP contribution in [-0.4, -0.2) is 43.6 Å². The van der Waals surface area contributed by atoms with Crippen LogP contribution in [0.3, 0.4) is 0 Å². The van der Waals surface area contributed by atoms with Crippen molar-refractivity contribution in [2.75, 3.05) is 32.7 Å². The first-order chi connectivity index (χ1) is 9.76. The quantitative estimate of drug-likeness (QED) is 0.266. The van der Waals surface area contributed by atoms with Gasteiger partial charge in [-0.2, -0.15) is 0 Å². The summed E-state index contributed by atoms with van der Waals surface area (Å²) in [5, 5.41) is 3.23. The van der Waals surface area contributed by atoms with Crippen LogP contribution in [0.5, 0.6) is 0 Å². The minimum Gasteiger partial charge on any atom is -0.370 e. The van der Waals surface area contributed by atoms with Gasteiger partial charge in [0.25, 0.3) is 0 Å². The van der Waals surface area contributed by atoms with Crippen molar-refractivity contribution in [1.29, 1.82) is 0 Å². The van der Waals surface area contributed by atoms with Gasteiger partial charge in [-0.05, 0) is 51.2 Å². The topological polar surface area (TPSA) is 53.6 Å². The van der Waals surface area contributed by atoms with Crippen molar-refractivity contribution < 1.29 is 0 Å². The summed E-state index contributed by atoms with van der Waals surface area (Å²) in [4.78, 5) is 7.07. The highest BCUT2D eigenvalue weighted by Crippen LogP contribution is 2.17. The summed E-state index contributed by atoms with van der Waals surface area (Å²) in [6.45, 7) is 10.1. The van der Waals surface area contributed by atoms with Gasteiger partial charge in [0, 0.05) is 13.1 Å². The summed E-state index contributed by atoms with van der Waals surface area (Å²) in [6, 6.07) is 0. The molecule has 3 N–H and O–H groups in total. The predicted octanol–water partition coefficient (Wildman–Crippen LogP) is 3.21. The number of nitrogens with one attached hydrogen (secondary N) is 1. The van der Waals surface area contributed by atoms with Crippen LogP contribution in [0.15, 0.2) is 4.99 Å². The third kappa shape index (κ3) is 10.3. The number of halogens is 1.